The number of ether oxygens (including phenoxy) is 3. The summed E-state index contributed by atoms with van der Waals surface area (Å²) in [5.74, 6) is -0.827. The van der Waals surface area contributed by atoms with Gasteiger partial charge in [-0.3, -0.25) is 0 Å². The third-order valence-electron chi connectivity index (χ3n) is 3.47. The molecule has 0 spiro atoms. The van der Waals surface area contributed by atoms with Crippen LogP contribution in [0.15, 0.2) is 30.3 Å². The average Bonchev–Trinajstić information content (AvgIpc) is 2.63. The predicted molar refractivity (Wildman–Crippen MR) is 94.8 cm³/mol. The van der Waals surface area contributed by atoms with Crippen molar-refractivity contribution in [3.05, 3.63) is 51.5 Å². The molecule has 0 N–H and O–H groups in total. The van der Waals surface area contributed by atoms with E-state index in [1.54, 1.807) is 0 Å². The Morgan fingerprint density at radius 2 is 1.75 bits per heavy atom. The van der Waals surface area contributed by atoms with Crippen LogP contribution < -0.4 is 9.47 Å². The van der Waals surface area contributed by atoms with Gasteiger partial charge in [0.25, 0.3) is 0 Å². The fourth-order valence-electron chi connectivity index (χ4n) is 2.08. The molecule has 2 aromatic rings. The Bertz CT molecular complexity index is 942. The summed E-state index contributed by atoms with van der Waals surface area (Å²) in [6.07, 6.45) is -5.57. The number of carbonyl (C=O) groups excluding carboxylic acids is 1. The third kappa shape index (κ3) is 5.00. The Kier molecular flexibility index (Phi) is 6.65. The van der Waals surface area contributed by atoms with Crippen molar-refractivity contribution in [3.63, 3.8) is 0 Å². The van der Waals surface area contributed by atoms with Crippen LogP contribution in [0.25, 0.3) is 0 Å². The highest BCUT2D eigenvalue weighted by molar-refractivity contribution is 6.32. The van der Waals surface area contributed by atoms with Crippen LogP contribution in [0.5, 0.6) is 17.2 Å². The van der Waals surface area contributed by atoms with E-state index < -0.39 is 23.8 Å². The molecule has 0 aliphatic carbocycles. The lowest BCUT2D eigenvalue weighted by Gasteiger charge is -2.16. The number of carbonyl (C=O) groups is 1. The summed E-state index contributed by atoms with van der Waals surface area (Å²) in [6.45, 7) is 1.42. The molecular formula is C18H12Cl2F3NO4. The van der Waals surface area contributed by atoms with Gasteiger partial charge in [0.2, 0.25) is 0 Å². The molecule has 0 amide bonds. The topological polar surface area (TPSA) is 68.6 Å². The number of hydrogen-bond donors (Lipinski definition) is 0. The molecule has 0 saturated heterocycles. The van der Waals surface area contributed by atoms with Crippen molar-refractivity contribution in [1.82, 2.24) is 0 Å². The average molecular weight is 434 g/mol. The van der Waals surface area contributed by atoms with Crippen molar-refractivity contribution < 1.29 is 32.2 Å². The van der Waals surface area contributed by atoms with Crippen LogP contribution in [-0.2, 0) is 15.7 Å². The molecule has 2 rings (SSSR count). The van der Waals surface area contributed by atoms with Crippen molar-refractivity contribution >= 4 is 29.2 Å². The Hall–Kier alpha value is -2.63. The van der Waals surface area contributed by atoms with E-state index >= 15 is 0 Å². The second-order valence-corrected chi connectivity index (χ2v) is 6.23. The molecule has 10 heteroatoms. The van der Waals surface area contributed by atoms with Crippen LogP contribution in [-0.4, -0.2) is 19.2 Å². The van der Waals surface area contributed by atoms with E-state index in [1.165, 1.54) is 26.2 Å². The Morgan fingerprint density at radius 3 is 2.29 bits per heavy atom. The molecule has 5 nitrogen and oxygen atoms in total. The standard InChI is InChI=1S/C18H12Cl2F3NO4/c1-9(17(25)26-2)27-16-7-15(10(8-24)5-12(16)19)28-14-4-3-11(6-13(14)20)18(21,22)23/h3-7,9H,1-2H3. The molecule has 1 unspecified atom stereocenters. The molecule has 28 heavy (non-hydrogen) atoms. The van der Waals surface area contributed by atoms with E-state index in [9.17, 15) is 23.2 Å². The highest BCUT2D eigenvalue weighted by Crippen LogP contribution is 2.39. The molecule has 0 aliphatic heterocycles. The quantitative estimate of drug-likeness (QED) is 0.572. The highest BCUT2D eigenvalue weighted by atomic mass is 35.5. The van der Waals surface area contributed by atoms with E-state index in [-0.39, 0.29) is 32.9 Å². The minimum Gasteiger partial charge on any atom is -0.477 e. The first-order valence-electron chi connectivity index (χ1n) is 7.59. The number of methoxy groups -OCH3 is 1. The van der Waals surface area contributed by atoms with Crippen molar-refractivity contribution in [3.8, 4) is 23.3 Å². The monoisotopic (exact) mass is 433 g/mol. The minimum atomic E-state index is -4.56. The van der Waals surface area contributed by atoms with E-state index in [1.807, 2.05) is 6.07 Å². The number of nitrogens with zero attached hydrogens (tertiary/aromatic N) is 1. The maximum absolute atomic E-state index is 12.7. The molecule has 0 aliphatic rings. The molecule has 0 bridgehead atoms. The lowest BCUT2D eigenvalue weighted by molar-refractivity contribution is -0.148. The molecule has 2 aromatic carbocycles. The second-order valence-electron chi connectivity index (χ2n) is 5.42. The molecule has 0 radical (unpaired) electrons. The van der Waals surface area contributed by atoms with Gasteiger partial charge in [-0.05, 0) is 31.2 Å². The SMILES string of the molecule is COC(=O)C(C)Oc1cc(Oc2ccc(C(F)(F)F)cc2Cl)c(C#N)cc1Cl. The van der Waals surface area contributed by atoms with Crippen LogP contribution in [0, 0.1) is 11.3 Å². The van der Waals surface area contributed by atoms with Crippen molar-refractivity contribution in [1.29, 1.82) is 5.26 Å². The highest BCUT2D eigenvalue weighted by Gasteiger charge is 2.31. The van der Waals surface area contributed by atoms with Gasteiger partial charge in [-0.15, -0.1) is 0 Å². The zero-order valence-electron chi connectivity index (χ0n) is 14.4. The maximum Gasteiger partial charge on any atom is 0.416 e. The second kappa shape index (κ2) is 8.59. The van der Waals surface area contributed by atoms with Gasteiger partial charge in [-0.1, -0.05) is 23.2 Å². The number of alkyl halides is 3. The van der Waals surface area contributed by atoms with Crippen LogP contribution in [0.2, 0.25) is 10.0 Å². The summed E-state index contributed by atoms with van der Waals surface area (Å²) in [7, 11) is 1.18. The van der Waals surface area contributed by atoms with E-state index in [0.717, 1.165) is 12.1 Å². The van der Waals surface area contributed by atoms with E-state index in [2.05, 4.69) is 4.74 Å². The summed E-state index contributed by atoms with van der Waals surface area (Å²) in [5, 5.41) is 8.97. The first-order valence-corrected chi connectivity index (χ1v) is 8.35. The smallest absolute Gasteiger partial charge is 0.416 e. The molecule has 0 aromatic heterocycles. The molecule has 0 saturated carbocycles. The summed E-state index contributed by atoms with van der Waals surface area (Å²) in [5.41, 5.74) is -0.962. The number of rotatable bonds is 5. The van der Waals surface area contributed by atoms with E-state index in [0.29, 0.717) is 6.07 Å². The largest absolute Gasteiger partial charge is 0.477 e. The normalized spacial score (nSPS) is 12.1. The van der Waals surface area contributed by atoms with Crippen molar-refractivity contribution in [2.45, 2.75) is 19.2 Å². The maximum atomic E-state index is 12.7. The number of esters is 1. The van der Waals surface area contributed by atoms with Crippen LogP contribution in [0.3, 0.4) is 0 Å². The fourth-order valence-corrected chi connectivity index (χ4v) is 2.51. The van der Waals surface area contributed by atoms with Crippen molar-refractivity contribution in [2.24, 2.45) is 0 Å². The molecule has 0 fully saturated rings. The van der Waals surface area contributed by atoms with Gasteiger partial charge in [-0.2, -0.15) is 18.4 Å². The zero-order chi connectivity index (χ0) is 21.1. The number of nitriles is 1. The minimum absolute atomic E-state index is 0.0107. The lowest BCUT2D eigenvalue weighted by Crippen LogP contribution is -2.25. The fraction of sp³-hybridized carbons (Fsp3) is 0.222. The van der Waals surface area contributed by atoms with Gasteiger partial charge in [0.05, 0.1) is 28.3 Å². The van der Waals surface area contributed by atoms with Crippen LogP contribution >= 0.6 is 23.2 Å². The Morgan fingerprint density at radius 1 is 1.11 bits per heavy atom. The summed E-state index contributed by atoms with van der Waals surface area (Å²) < 4.78 is 53.7. The lowest BCUT2D eigenvalue weighted by atomic mass is 10.2. The van der Waals surface area contributed by atoms with Gasteiger partial charge >= 0.3 is 12.1 Å². The van der Waals surface area contributed by atoms with Crippen LogP contribution in [0.1, 0.15) is 18.1 Å². The Labute approximate surface area is 168 Å². The summed E-state index contributed by atoms with van der Waals surface area (Å²) >= 11 is 11.9. The first-order chi connectivity index (χ1) is 13.1. The molecule has 1 atom stereocenters. The van der Waals surface area contributed by atoms with Gasteiger partial charge in [0.15, 0.2) is 6.10 Å². The van der Waals surface area contributed by atoms with Gasteiger partial charge < -0.3 is 14.2 Å². The first kappa shape index (κ1) is 21.7. The zero-order valence-corrected chi connectivity index (χ0v) is 15.9. The molecular weight excluding hydrogens is 422 g/mol. The van der Waals surface area contributed by atoms with Gasteiger partial charge in [-0.25, -0.2) is 4.79 Å². The van der Waals surface area contributed by atoms with Gasteiger partial charge in [0, 0.05) is 6.07 Å². The number of halogens is 5. The van der Waals surface area contributed by atoms with Crippen LogP contribution in [0.4, 0.5) is 13.2 Å². The number of benzene rings is 2. The van der Waals surface area contributed by atoms with Crippen molar-refractivity contribution in [2.75, 3.05) is 7.11 Å². The van der Waals surface area contributed by atoms with Gasteiger partial charge in [0.1, 0.15) is 23.3 Å². The molecule has 0 heterocycles. The predicted octanol–water partition coefficient (Wildman–Crippen LogP) is 5.62. The summed E-state index contributed by atoms with van der Waals surface area (Å²) in [4.78, 5) is 11.5. The Balaban J connectivity index is 2.38. The van der Waals surface area contributed by atoms with E-state index in [4.69, 9.17) is 32.7 Å². The number of hydrogen-bond acceptors (Lipinski definition) is 5. The third-order valence-corrected chi connectivity index (χ3v) is 4.06. The molecule has 148 valence electrons. The summed E-state index contributed by atoms with van der Waals surface area (Å²) in [6, 6.07) is 6.83.